The maximum absolute atomic E-state index is 11.0. The number of nitrogens with zero attached hydrogens (tertiary/aromatic N) is 1. The van der Waals surface area contributed by atoms with E-state index in [-0.39, 0.29) is 17.8 Å². The van der Waals surface area contributed by atoms with Crippen LogP contribution in [0.15, 0.2) is 18.2 Å². The molecule has 0 saturated heterocycles. The topological polar surface area (TPSA) is 81.2 Å². The average Bonchev–Trinajstić information content (AvgIpc) is 2.57. The zero-order valence-electron chi connectivity index (χ0n) is 10.6. The summed E-state index contributed by atoms with van der Waals surface area (Å²) in [6.45, 7) is 0. The van der Waals surface area contributed by atoms with Crippen LogP contribution in [0.25, 0.3) is 0 Å². The number of nitrogens with two attached hydrogens (primary N) is 1. The first-order valence-corrected chi connectivity index (χ1v) is 6.92. The highest BCUT2D eigenvalue weighted by atomic mass is 35.5. The largest absolute Gasteiger partial charge is 0.375 e. The number of nitrogens with one attached hydrogen (secondary N) is 1. The second kappa shape index (κ2) is 6.21. The Balaban J connectivity index is 2.19. The van der Waals surface area contributed by atoms with E-state index in [2.05, 4.69) is 5.32 Å². The molecule has 0 heterocycles. The van der Waals surface area contributed by atoms with Gasteiger partial charge in [-0.1, -0.05) is 30.9 Å². The van der Waals surface area contributed by atoms with Gasteiger partial charge in [0.2, 0.25) is 0 Å². The van der Waals surface area contributed by atoms with Crippen LogP contribution in [0.2, 0.25) is 5.02 Å². The highest BCUT2D eigenvalue weighted by Crippen LogP contribution is 2.30. The summed E-state index contributed by atoms with van der Waals surface area (Å²) in [6.07, 6.45) is 5.31. The van der Waals surface area contributed by atoms with Gasteiger partial charge in [0.15, 0.2) is 0 Å². The summed E-state index contributed by atoms with van der Waals surface area (Å²) in [5, 5.41) is 14.6. The molecule has 0 radical (unpaired) electrons. The Morgan fingerprint density at radius 1 is 1.32 bits per heavy atom. The first-order valence-electron chi connectivity index (χ1n) is 6.54. The van der Waals surface area contributed by atoms with Crippen molar-refractivity contribution in [2.24, 2.45) is 5.73 Å². The van der Waals surface area contributed by atoms with Crippen LogP contribution < -0.4 is 11.1 Å². The molecule has 0 amide bonds. The zero-order chi connectivity index (χ0) is 13.8. The Morgan fingerprint density at radius 3 is 2.79 bits per heavy atom. The van der Waals surface area contributed by atoms with Gasteiger partial charge in [-0.2, -0.15) is 0 Å². The zero-order valence-corrected chi connectivity index (χ0v) is 11.4. The van der Waals surface area contributed by atoms with Gasteiger partial charge in [0.05, 0.1) is 4.92 Å². The Kier molecular flexibility index (Phi) is 4.61. The molecule has 104 valence electrons. The summed E-state index contributed by atoms with van der Waals surface area (Å²) in [5.41, 5.74) is 6.63. The summed E-state index contributed by atoms with van der Waals surface area (Å²) in [5.74, 6) is 0. The van der Waals surface area contributed by atoms with Crippen LogP contribution >= 0.6 is 11.6 Å². The molecule has 0 bridgehead atoms. The highest BCUT2D eigenvalue weighted by Gasteiger charge is 2.23. The molecule has 1 aliphatic carbocycles. The molecule has 2 atom stereocenters. The normalized spacial score (nSPS) is 23.7. The number of hydrogen-bond acceptors (Lipinski definition) is 4. The molecular formula is C13H18ClN3O2. The molecule has 1 aliphatic rings. The molecule has 3 N–H and O–H groups in total. The SMILES string of the molecule is NC1CCCCCC1Nc1ccc(Cl)cc1[N+](=O)[O-]. The number of nitro groups is 1. The Morgan fingerprint density at radius 2 is 2.05 bits per heavy atom. The number of nitro benzene ring substituents is 1. The first-order chi connectivity index (χ1) is 9.08. The molecular weight excluding hydrogens is 266 g/mol. The predicted molar refractivity (Wildman–Crippen MR) is 76.6 cm³/mol. The number of anilines is 1. The number of halogens is 1. The molecule has 0 aliphatic heterocycles. The quantitative estimate of drug-likeness (QED) is 0.506. The van der Waals surface area contributed by atoms with Crippen molar-refractivity contribution in [3.05, 3.63) is 33.3 Å². The van der Waals surface area contributed by atoms with Crippen molar-refractivity contribution in [1.82, 2.24) is 0 Å². The average molecular weight is 284 g/mol. The fraction of sp³-hybridized carbons (Fsp3) is 0.538. The van der Waals surface area contributed by atoms with Gasteiger partial charge in [0.1, 0.15) is 5.69 Å². The van der Waals surface area contributed by atoms with Gasteiger partial charge in [-0.05, 0) is 25.0 Å². The van der Waals surface area contributed by atoms with Crippen LogP contribution in [-0.4, -0.2) is 17.0 Å². The van der Waals surface area contributed by atoms with Gasteiger partial charge >= 0.3 is 0 Å². The minimum Gasteiger partial charge on any atom is -0.375 e. The number of benzene rings is 1. The third kappa shape index (κ3) is 3.58. The molecule has 2 rings (SSSR count). The van der Waals surface area contributed by atoms with E-state index in [1.807, 2.05) is 0 Å². The lowest BCUT2D eigenvalue weighted by atomic mass is 10.0. The van der Waals surface area contributed by atoms with E-state index in [0.29, 0.717) is 10.7 Å². The molecule has 5 nitrogen and oxygen atoms in total. The van der Waals surface area contributed by atoms with Gasteiger partial charge in [0.25, 0.3) is 5.69 Å². The summed E-state index contributed by atoms with van der Waals surface area (Å²) in [4.78, 5) is 10.6. The summed E-state index contributed by atoms with van der Waals surface area (Å²) < 4.78 is 0. The van der Waals surface area contributed by atoms with Crippen molar-refractivity contribution in [1.29, 1.82) is 0 Å². The van der Waals surface area contributed by atoms with Crippen LogP contribution in [0.3, 0.4) is 0 Å². The van der Waals surface area contributed by atoms with Crippen molar-refractivity contribution in [2.75, 3.05) is 5.32 Å². The molecule has 2 unspecified atom stereocenters. The lowest BCUT2D eigenvalue weighted by Crippen LogP contribution is -2.39. The third-order valence-corrected chi connectivity index (χ3v) is 3.80. The molecule has 6 heteroatoms. The van der Waals surface area contributed by atoms with Crippen molar-refractivity contribution in [3.63, 3.8) is 0 Å². The summed E-state index contributed by atoms with van der Waals surface area (Å²) in [7, 11) is 0. The molecule has 1 aromatic carbocycles. The number of rotatable bonds is 3. The van der Waals surface area contributed by atoms with E-state index < -0.39 is 4.92 Å². The second-order valence-corrected chi connectivity index (χ2v) is 5.41. The predicted octanol–water partition coefficient (Wildman–Crippen LogP) is 3.32. The summed E-state index contributed by atoms with van der Waals surface area (Å²) in [6, 6.07) is 4.80. The Bertz CT molecular complexity index is 467. The van der Waals surface area contributed by atoms with Crippen molar-refractivity contribution in [2.45, 2.75) is 44.2 Å². The fourth-order valence-electron chi connectivity index (χ4n) is 2.49. The van der Waals surface area contributed by atoms with Crippen LogP contribution in [-0.2, 0) is 0 Å². The fourth-order valence-corrected chi connectivity index (χ4v) is 2.66. The van der Waals surface area contributed by atoms with Gasteiger partial charge in [-0.3, -0.25) is 10.1 Å². The van der Waals surface area contributed by atoms with Gasteiger partial charge in [-0.15, -0.1) is 0 Å². The van der Waals surface area contributed by atoms with E-state index in [0.717, 1.165) is 25.7 Å². The smallest absolute Gasteiger partial charge is 0.293 e. The molecule has 19 heavy (non-hydrogen) atoms. The van der Waals surface area contributed by atoms with Crippen LogP contribution in [0.5, 0.6) is 0 Å². The highest BCUT2D eigenvalue weighted by molar-refractivity contribution is 6.30. The van der Waals surface area contributed by atoms with E-state index in [4.69, 9.17) is 17.3 Å². The monoisotopic (exact) mass is 283 g/mol. The van der Waals surface area contributed by atoms with E-state index in [1.54, 1.807) is 12.1 Å². The van der Waals surface area contributed by atoms with Gasteiger partial charge < -0.3 is 11.1 Å². The number of hydrogen-bond donors (Lipinski definition) is 2. The molecule has 1 fully saturated rings. The minimum atomic E-state index is -0.420. The van der Waals surface area contributed by atoms with E-state index >= 15 is 0 Å². The standard InChI is InChI=1S/C13H18ClN3O2/c14-9-6-7-12(13(8-9)17(18)19)16-11-5-3-1-2-4-10(11)15/h6-8,10-11,16H,1-5,15H2. The second-order valence-electron chi connectivity index (χ2n) is 4.97. The molecule has 0 spiro atoms. The molecule has 0 aromatic heterocycles. The van der Waals surface area contributed by atoms with Crippen LogP contribution in [0.1, 0.15) is 32.1 Å². The lowest BCUT2D eigenvalue weighted by Gasteiger charge is -2.23. The third-order valence-electron chi connectivity index (χ3n) is 3.57. The maximum atomic E-state index is 11.0. The molecule has 1 saturated carbocycles. The van der Waals surface area contributed by atoms with Crippen molar-refractivity contribution in [3.8, 4) is 0 Å². The Hall–Kier alpha value is -1.33. The summed E-state index contributed by atoms with van der Waals surface area (Å²) >= 11 is 5.80. The van der Waals surface area contributed by atoms with Gasteiger partial charge in [0, 0.05) is 23.2 Å². The first kappa shape index (κ1) is 14.1. The minimum absolute atomic E-state index is 0.00365. The van der Waals surface area contributed by atoms with E-state index in [9.17, 15) is 10.1 Å². The molecule has 1 aromatic rings. The van der Waals surface area contributed by atoms with Crippen molar-refractivity contribution >= 4 is 23.0 Å². The van der Waals surface area contributed by atoms with Gasteiger partial charge in [-0.25, -0.2) is 0 Å². The van der Waals surface area contributed by atoms with Crippen molar-refractivity contribution < 1.29 is 4.92 Å². The lowest BCUT2D eigenvalue weighted by molar-refractivity contribution is -0.384. The van der Waals surface area contributed by atoms with Crippen LogP contribution in [0, 0.1) is 10.1 Å². The van der Waals surface area contributed by atoms with E-state index in [1.165, 1.54) is 12.5 Å². The maximum Gasteiger partial charge on any atom is 0.293 e. The van der Waals surface area contributed by atoms with Crippen LogP contribution in [0.4, 0.5) is 11.4 Å². The Labute approximate surface area is 117 Å².